The molecule has 1 aliphatic rings. The lowest BCUT2D eigenvalue weighted by Gasteiger charge is -2.40. The van der Waals surface area contributed by atoms with Crippen LogP contribution in [0.3, 0.4) is 0 Å². The highest BCUT2D eigenvalue weighted by Gasteiger charge is 2.34. The van der Waals surface area contributed by atoms with Crippen LogP contribution in [0, 0.1) is 20.2 Å². The van der Waals surface area contributed by atoms with Crippen LogP contribution in [0.2, 0.25) is 0 Å². The fourth-order valence-corrected chi connectivity index (χ4v) is 3.79. The van der Waals surface area contributed by atoms with Gasteiger partial charge in [-0.3, -0.25) is 30.3 Å². The first-order valence-corrected chi connectivity index (χ1v) is 13.7. The Morgan fingerprint density at radius 1 is 0.913 bits per heavy atom. The number of amides is 4. The molecule has 1 fully saturated rings. The molecule has 0 aromatic heterocycles. The number of likely N-dealkylation sites (N-methyl/N-ethyl adjacent to an activating group) is 1. The minimum absolute atomic E-state index is 0.144. The highest BCUT2D eigenvalue weighted by molar-refractivity contribution is 6.00. The number of likely N-dealkylation sites (tertiary alicyclic amines) is 1. The van der Waals surface area contributed by atoms with Crippen molar-refractivity contribution in [1.82, 2.24) is 20.4 Å². The fraction of sp³-hybridized carbons (Fsp3) is 0.393. The molecule has 1 heterocycles. The molecule has 0 aliphatic carbocycles. The third kappa shape index (κ3) is 11.0. The smallest absolute Gasteiger partial charge is 0.437 e. The van der Waals surface area contributed by atoms with E-state index in [0.717, 1.165) is 4.90 Å². The number of nitro benzene ring substituents is 2. The van der Waals surface area contributed by atoms with Crippen LogP contribution >= 0.6 is 0 Å². The van der Waals surface area contributed by atoms with E-state index in [-0.39, 0.29) is 50.3 Å². The van der Waals surface area contributed by atoms with Crippen LogP contribution in [0.4, 0.5) is 25.8 Å². The summed E-state index contributed by atoms with van der Waals surface area (Å²) in [5.41, 5.74) is -0.0846. The lowest BCUT2D eigenvalue weighted by Crippen LogP contribution is -2.62. The summed E-state index contributed by atoms with van der Waals surface area (Å²) in [6.45, 7) is 4.73. The third-order valence-corrected chi connectivity index (χ3v) is 6.08. The summed E-state index contributed by atoms with van der Waals surface area (Å²) in [5, 5.41) is 26.7. The molecule has 1 aliphatic heterocycles. The van der Waals surface area contributed by atoms with Gasteiger partial charge in [0, 0.05) is 44.4 Å². The zero-order chi connectivity index (χ0) is 34.0. The average molecular weight is 644 g/mol. The van der Waals surface area contributed by atoms with Crippen LogP contribution in [0.15, 0.2) is 53.5 Å². The number of alkyl carbamates (subject to hydrolysis) is 1. The van der Waals surface area contributed by atoms with E-state index in [1.54, 1.807) is 20.8 Å². The van der Waals surface area contributed by atoms with Crippen LogP contribution in [0.1, 0.15) is 31.9 Å². The van der Waals surface area contributed by atoms with Crippen molar-refractivity contribution in [2.75, 3.05) is 26.7 Å². The zero-order valence-corrected chi connectivity index (χ0v) is 25.5. The van der Waals surface area contributed by atoms with E-state index < -0.39 is 45.6 Å². The largest absolute Gasteiger partial charge is 0.444 e. The molecule has 3 rings (SSSR count). The Labute approximate surface area is 262 Å². The van der Waals surface area contributed by atoms with Crippen molar-refractivity contribution >= 4 is 41.5 Å². The van der Waals surface area contributed by atoms with Gasteiger partial charge in [0.05, 0.1) is 22.4 Å². The van der Waals surface area contributed by atoms with Gasteiger partial charge in [-0.15, -0.1) is 4.99 Å². The van der Waals surface area contributed by atoms with E-state index >= 15 is 0 Å². The fourth-order valence-electron chi connectivity index (χ4n) is 3.79. The quantitative estimate of drug-likeness (QED) is 0.132. The topological polar surface area (TPSA) is 225 Å². The number of guanidine groups is 1. The maximum atomic E-state index is 12.7. The van der Waals surface area contributed by atoms with Crippen LogP contribution in [0.5, 0.6) is 0 Å². The summed E-state index contributed by atoms with van der Waals surface area (Å²) < 4.78 is 15.5. The van der Waals surface area contributed by atoms with E-state index in [2.05, 4.69) is 15.6 Å². The van der Waals surface area contributed by atoms with Gasteiger partial charge >= 0.3 is 18.3 Å². The van der Waals surface area contributed by atoms with Crippen LogP contribution in [-0.4, -0.2) is 88.1 Å². The van der Waals surface area contributed by atoms with E-state index in [1.165, 1.54) is 60.5 Å². The first kappa shape index (κ1) is 34.7. The minimum Gasteiger partial charge on any atom is -0.444 e. The lowest BCUT2D eigenvalue weighted by atomic mass is 10.1. The number of carbonyl (C=O) groups is 4. The maximum Gasteiger partial charge on any atom is 0.437 e. The van der Waals surface area contributed by atoms with Crippen molar-refractivity contribution in [3.8, 4) is 0 Å². The van der Waals surface area contributed by atoms with Crippen molar-refractivity contribution in [3.05, 3.63) is 79.9 Å². The van der Waals surface area contributed by atoms with Crippen LogP contribution in [-0.2, 0) is 32.2 Å². The number of aliphatic imine (C=N–C) groups is 1. The summed E-state index contributed by atoms with van der Waals surface area (Å²) in [5.74, 6) is -0.911. The molecule has 0 bridgehead atoms. The Kier molecular flexibility index (Phi) is 11.5. The molecule has 18 heteroatoms. The monoisotopic (exact) mass is 643 g/mol. The average Bonchev–Trinajstić information content (AvgIpc) is 2.95. The number of nitro groups is 2. The first-order valence-electron chi connectivity index (χ1n) is 13.7. The van der Waals surface area contributed by atoms with Gasteiger partial charge in [0.15, 0.2) is 0 Å². The van der Waals surface area contributed by atoms with Gasteiger partial charge in [0.1, 0.15) is 18.8 Å². The second kappa shape index (κ2) is 15.3. The molecule has 2 N–H and O–H groups in total. The van der Waals surface area contributed by atoms with Gasteiger partial charge < -0.3 is 29.3 Å². The molecular weight excluding hydrogens is 610 g/mol. The number of hydrogen-bond donors (Lipinski definition) is 2. The molecule has 0 radical (unpaired) electrons. The molecule has 4 amide bonds. The molecule has 0 atom stereocenters. The molecule has 1 saturated heterocycles. The zero-order valence-electron chi connectivity index (χ0n) is 25.5. The molecule has 46 heavy (non-hydrogen) atoms. The molecule has 2 aromatic carbocycles. The van der Waals surface area contributed by atoms with Gasteiger partial charge in [0.25, 0.3) is 11.4 Å². The summed E-state index contributed by atoms with van der Waals surface area (Å²) in [7, 11) is 1.37. The van der Waals surface area contributed by atoms with Crippen molar-refractivity contribution in [1.29, 1.82) is 0 Å². The van der Waals surface area contributed by atoms with Crippen molar-refractivity contribution in [2.24, 2.45) is 4.99 Å². The highest BCUT2D eigenvalue weighted by Crippen LogP contribution is 2.16. The maximum absolute atomic E-state index is 12.7. The molecule has 0 saturated carbocycles. The van der Waals surface area contributed by atoms with Crippen molar-refractivity contribution in [3.63, 3.8) is 0 Å². The van der Waals surface area contributed by atoms with Crippen molar-refractivity contribution < 1.29 is 43.2 Å². The predicted octanol–water partition coefficient (Wildman–Crippen LogP) is 3.09. The second-order valence-corrected chi connectivity index (χ2v) is 11.0. The molecule has 0 spiro atoms. The van der Waals surface area contributed by atoms with E-state index in [1.807, 2.05) is 0 Å². The molecule has 18 nitrogen and oxygen atoms in total. The Morgan fingerprint density at radius 2 is 1.41 bits per heavy atom. The molecule has 0 unspecified atom stereocenters. The van der Waals surface area contributed by atoms with Gasteiger partial charge in [-0.25, -0.2) is 14.4 Å². The third-order valence-electron chi connectivity index (χ3n) is 6.08. The van der Waals surface area contributed by atoms with Gasteiger partial charge in [-0.1, -0.05) is 0 Å². The number of rotatable bonds is 9. The highest BCUT2D eigenvalue weighted by atomic mass is 16.6. The summed E-state index contributed by atoms with van der Waals surface area (Å²) >= 11 is 0. The normalized spacial score (nSPS) is 13.1. The van der Waals surface area contributed by atoms with E-state index in [4.69, 9.17) is 14.2 Å². The lowest BCUT2D eigenvalue weighted by molar-refractivity contribution is -0.385. The summed E-state index contributed by atoms with van der Waals surface area (Å²) in [4.78, 5) is 76.8. The van der Waals surface area contributed by atoms with Crippen LogP contribution < -0.4 is 10.6 Å². The van der Waals surface area contributed by atoms with Crippen molar-refractivity contribution in [2.45, 2.75) is 45.6 Å². The SMILES string of the molecule is CN(CC(=O)NC1CN(C(=O)OC(C)(C)C)C1)C(=NC(=O)OCc1ccc([N+](=O)[O-])cc1)NC(=O)OCc1ccc([N+](=O)[O-])cc1. The number of nitrogens with zero attached hydrogens (tertiary/aromatic N) is 5. The van der Waals surface area contributed by atoms with E-state index in [0.29, 0.717) is 11.1 Å². The molecule has 246 valence electrons. The Hall–Kier alpha value is -5.81. The standard InChI is InChI=1S/C28H33N7O11/c1-28(2,3)46-27(39)33-13-20(14-33)29-23(36)15-32(4)24(30-25(37)44-16-18-5-9-21(10-6-18)34(40)41)31-26(38)45-17-19-7-11-22(12-8-19)35(42)43/h5-12,20H,13-17H2,1-4H3,(H,29,36)(H,30,31,37,38). The minimum atomic E-state index is -1.15. The van der Waals surface area contributed by atoms with Gasteiger partial charge in [0.2, 0.25) is 11.9 Å². The number of nitrogens with one attached hydrogen (secondary N) is 2. The first-order chi connectivity index (χ1) is 21.6. The van der Waals surface area contributed by atoms with Gasteiger partial charge in [-0.2, -0.15) is 0 Å². The Bertz CT molecular complexity index is 1480. The van der Waals surface area contributed by atoms with Gasteiger partial charge in [-0.05, 0) is 56.2 Å². The number of ether oxygens (including phenoxy) is 3. The predicted molar refractivity (Wildman–Crippen MR) is 160 cm³/mol. The number of non-ortho nitro benzene ring substituents is 2. The summed E-state index contributed by atoms with van der Waals surface area (Å²) in [6.07, 6.45) is -2.71. The second-order valence-electron chi connectivity index (χ2n) is 11.0. The Balaban J connectivity index is 1.61. The number of hydrogen-bond acceptors (Lipinski definition) is 11. The van der Waals surface area contributed by atoms with E-state index in [9.17, 15) is 39.4 Å². The Morgan fingerprint density at radius 3 is 1.89 bits per heavy atom. The number of benzene rings is 2. The molecular formula is C28H33N7O11. The summed E-state index contributed by atoms with van der Waals surface area (Å²) in [6, 6.07) is 10.2. The molecule has 2 aromatic rings. The van der Waals surface area contributed by atoms with Crippen LogP contribution in [0.25, 0.3) is 0 Å². The number of carbonyl (C=O) groups excluding carboxylic acids is 4.